The van der Waals surface area contributed by atoms with Crippen molar-refractivity contribution in [3.05, 3.63) is 64.4 Å². The molecule has 0 atom stereocenters. The molecule has 0 unspecified atom stereocenters. The van der Waals surface area contributed by atoms with Crippen LogP contribution in [0.3, 0.4) is 0 Å². The van der Waals surface area contributed by atoms with E-state index in [1.165, 1.54) is 15.4 Å². The van der Waals surface area contributed by atoms with Crippen molar-refractivity contribution in [1.82, 2.24) is 0 Å². The van der Waals surface area contributed by atoms with Gasteiger partial charge in [-0.2, -0.15) is 0 Å². The van der Waals surface area contributed by atoms with Gasteiger partial charge in [0.2, 0.25) is 0 Å². The maximum absolute atomic E-state index is 11.5. The molecule has 0 amide bonds. The van der Waals surface area contributed by atoms with Crippen molar-refractivity contribution in [3.63, 3.8) is 0 Å². The number of rotatable bonds is 4. The number of para-hydroxylation sites is 1. The third-order valence-corrected chi connectivity index (χ3v) is 8.19. The summed E-state index contributed by atoms with van der Waals surface area (Å²) in [6.45, 7) is 2.17. The summed E-state index contributed by atoms with van der Waals surface area (Å²) in [7, 11) is 0. The minimum atomic E-state index is -0.690. The predicted molar refractivity (Wildman–Crippen MR) is 103 cm³/mol. The molecule has 0 bridgehead atoms. The van der Waals surface area contributed by atoms with Crippen LogP contribution in [0.1, 0.15) is 18.9 Å². The first kappa shape index (κ1) is 16.8. The molecule has 23 heavy (non-hydrogen) atoms. The third kappa shape index (κ3) is 4.51. The zero-order valence-electron chi connectivity index (χ0n) is 12.9. The summed E-state index contributed by atoms with van der Waals surface area (Å²) < 4.78 is 18.7. The average Bonchev–Trinajstić information content (AvgIpc) is 2.60. The molecule has 1 aliphatic rings. The molecular formula is C18H18O2S3. The average molecular weight is 363 g/mol. The number of hydrogen-bond donors (Lipinski definition) is 0. The Morgan fingerprint density at radius 1 is 1.00 bits per heavy atom. The molecule has 0 radical (unpaired) electrons. The minimum Gasteiger partial charge on any atom is -0.615 e. The Morgan fingerprint density at radius 2 is 1.61 bits per heavy atom. The molecule has 1 fully saturated rings. The van der Waals surface area contributed by atoms with Gasteiger partial charge < -0.3 is 9.29 Å². The summed E-state index contributed by atoms with van der Waals surface area (Å²) in [5.74, 6) is 1.68. The fourth-order valence-electron chi connectivity index (χ4n) is 2.30. The standard InChI is InChI=1S/C18H18O2S3/c1-2-17(18-21-12-23(19)13-22-18)14-8-10-16(11-9-14)20-15-6-4-3-5-7-15/h3-11H,2,12-13H2,1H3. The van der Waals surface area contributed by atoms with Gasteiger partial charge in [0.15, 0.2) is 10.2 Å². The summed E-state index contributed by atoms with van der Waals surface area (Å²) in [4.78, 5) is 0. The second kappa shape index (κ2) is 8.20. The van der Waals surface area contributed by atoms with Gasteiger partial charge in [-0.3, -0.25) is 0 Å². The smallest absolute Gasteiger partial charge is 0.156 e. The maximum Gasteiger partial charge on any atom is 0.156 e. The number of thioether (sulfide) groups is 2. The number of allylic oxidation sites excluding steroid dienone is 1. The lowest BCUT2D eigenvalue weighted by Crippen LogP contribution is -2.10. The highest BCUT2D eigenvalue weighted by Gasteiger charge is 2.20. The molecule has 0 aliphatic carbocycles. The first-order chi connectivity index (χ1) is 11.3. The molecule has 1 aliphatic heterocycles. The van der Waals surface area contributed by atoms with Crippen LogP contribution in [0.25, 0.3) is 5.57 Å². The molecule has 2 aromatic carbocycles. The predicted octanol–water partition coefficient (Wildman–Crippen LogP) is 5.70. The quantitative estimate of drug-likeness (QED) is 0.653. The van der Waals surface area contributed by atoms with Gasteiger partial charge in [0.05, 0.1) is 4.24 Å². The largest absolute Gasteiger partial charge is 0.615 e. The molecule has 2 nitrogen and oxygen atoms in total. The lowest BCUT2D eigenvalue weighted by atomic mass is 10.1. The second-order valence-corrected chi connectivity index (χ2v) is 9.44. The Labute approximate surface area is 148 Å². The van der Waals surface area contributed by atoms with E-state index in [1.54, 1.807) is 23.5 Å². The van der Waals surface area contributed by atoms with Crippen molar-refractivity contribution in [3.8, 4) is 11.5 Å². The van der Waals surface area contributed by atoms with Crippen LogP contribution in [-0.4, -0.2) is 14.7 Å². The van der Waals surface area contributed by atoms with E-state index in [4.69, 9.17) is 4.74 Å². The normalized spacial score (nSPS) is 17.8. The Morgan fingerprint density at radius 3 is 2.22 bits per heavy atom. The molecule has 5 heteroatoms. The minimum absolute atomic E-state index is 0.690. The van der Waals surface area contributed by atoms with Gasteiger partial charge in [0.1, 0.15) is 11.5 Å². The van der Waals surface area contributed by atoms with Crippen molar-refractivity contribution in [2.75, 3.05) is 10.2 Å². The fourth-order valence-corrected chi connectivity index (χ4v) is 7.17. The molecule has 0 spiro atoms. The Bertz CT molecular complexity index is 658. The van der Waals surface area contributed by atoms with Crippen molar-refractivity contribution >= 4 is 40.3 Å². The van der Waals surface area contributed by atoms with E-state index in [1.807, 2.05) is 42.5 Å². The van der Waals surface area contributed by atoms with Gasteiger partial charge in [0.25, 0.3) is 0 Å². The Balaban J connectivity index is 1.76. The van der Waals surface area contributed by atoms with E-state index in [2.05, 4.69) is 19.1 Å². The van der Waals surface area contributed by atoms with Crippen LogP contribution in [-0.2, 0) is 11.2 Å². The van der Waals surface area contributed by atoms with Gasteiger partial charge in [-0.1, -0.05) is 60.8 Å². The van der Waals surface area contributed by atoms with Crippen LogP contribution in [0, 0.1) is 0 Å². The van der Waals surface area contributed by atoms with E-state index in [0.717, 1.165) is 17.9 Å². The van der Waals surface area contributed by atoms with E-state index >= 15 is 0 Å². The Kier molecular flexibility index (Phi) is 6.00. The molecule has 1 saturated heterocycles. The fraction of sp³-hybridized carbons (Fsp3) is 0.222. The summed E-state index contributed by atoms with van der Waals surface area (Å²) in [5, 5.41) is 1.42. The molecule has 1 heterocycles. The van der Waals surface area contributed by atoms with Gasteiger partial charge in [-0.25, -0.2) is 0 Å². The van der Waals surface area contributed by atoms with Gasteiger partial charge in [-0.05, 0) is 53.0 Å². The number of hydrogen-bond acceptors (Lipinski definition) is 4. The molecule has 2 aromatic rings. The van der Waals surface area contributed by atoms with E-state index in [9.17, 15) is 4.55 Å². The Hall–Kier alpha value is -1.01. The van der Waals surface area contributed by atoms with Crippen LogP contribution in [0.5, 0.6) is 11.5 Å². The SMILES string of the molecule is CCC(=C1SC[S+]([O-])CS1)c1ccc(Oc2ccccc2)cc1. The highest BCUT2D eigenvalue weighted by molar-refractivity contribution is 8.34. The monoisotopic (exact) mass is 362 g/mol. The highest BCUT2D eigenvalue weighted by Crippen LogP contribution is 2.42. The summed E-state index contributed by atoms with van der Waals surface area (Å²) >= 11 is 2.74. The zero-order chi connectivity index (χ0) is 16.1. The van der Waals surface area contributed by atoms with E-state index in [0.29, 0.717) is 10.2 Å². The van der Waals surface area contributed by atoms with Gasteiger partial charge >= 0.3 is 0 Å². The maximum atomic E-state index is 11.5. The third-order valence-electron chi connectivity index (χ3n) is 3.42. The van der Waals surface area contributed by atoms with Crippen LogP contribution in [0.4, 0.5) is 0 Å². The van der Waals surface area contributed by atoms with Crippen LogP contribution in [0.15, 0.2) is 58.8 Å². The molecule has 120 valence electrons. The van der Waals surface area contributed by atoms with Crippen molar-refractivity contribution < 1.29 is 9.29 Å². The molecule has 0 aromatic heterocycles. The molecule has 3 rings (SSSR count). The van der Waals surface area contributed by atoms with Crippen LogP contribution < -0.4 is 4.74 Å². The van der Waals surface area contributed by atoms with E-state index in [-0.39, 0.29) is 0 Å². The van der Waals surface area contributed by atoms with Crippen molar-refractivity contribution in [1.29, 1.82) is 0 Å². The summed E-state index contributed by atoms with van der Waals surface area (Å²) in [6.07, 6.45) is 0.973. The highest BCUT2D eigenvalue weighted by atomic mass is 32.3. The number of benzene rings is 2. The van der Waals surface area contributed by atoms with Crippen LogP contribution in [0.2, 0.25) is 0 Å². The van der Waals surface area contributed by atoms with Gasteiger partial charge in [-0.15, -0.1) is 0 Å². The zero-order valence-corrected chi connectivity index (χ0v) is 15.3. The number of ether oxygens (including phenoxy) is 1. The second-order valence-electron chi connectivity index (χ2n) is 5.02. The summed E-state index contributed by atoms with van der Waals surface area (Å²) in [5.41, 5.74) is 2.55. The summed E-state index contributed by atoms with van der Waals surface area (Å²) in [6, 6.07) is 18.0. The van der Waals surface area contributed by atoms with Crippen molar-refractivity contribution in [2.24, 2.45) is 0 Å². The lowest BCUT2D eigenvalue weighted by molar-refractivity contribution is 0.482. The topological polar surface area (TPSA) is 32.3 Å². The first-order valence-corrected chi connectivity index (χ1v) is 10.9. The first-order valence-electron chi connectivity index (χ1n) is 7.43. The molecule has 0 N–H and O–H groups in total. The van der Waals surface area contributed by atoms with Crippen molar-refractivity contribution in [2.45, 2.75) is 13.3 Å². The van der Waals surface area contributed by atoms with Gasteiger partial charge in [0, 0.05) is 0 Å². The molecule has 0 saturated carbocycles. The van der Waals surface area contributed by atoms with E-state index < -0.39 is 11.2 Å². The van der Waals surface area contributed by atoms with Crippen LogP contribution >= 0.6 is 23.5 Å². The molecular weight excluding hydrogens is 344 g/mol. The lowest BCUT2D eigenvalue weighted by Gasteiger charge is -2.20.